The smallest absolute Gasteiger partial charge is 0.229 e. The summed E-state index contributed by atoms with van der Waals surface area (Å²) in [6, 6.07) is 16.7. The number of nitrogens with zero attached hydrogens (tertiary/aromatic N) is 1. The fourth-order valence-corrected chi connectivity index (χ4v) is 3.23. The first-order valence-corrected chi connectivity index (χ1v) is 9.72. The molecule has 1 aromatic heterocycles. The van der Waals surface area contributed by atoms with Crippen molar-refractivity contribution in [3.63, 3.8) is 0 Å². The number of sulfonamides is 1. The number of fused-ring (bicyclic) bond motifs is 1. The molecule has 0 bridgehead atoms. The molecule has 0 fully saturated rings. The van der Waals surface area contributed by atoms with E-state index in [0.717, 1.165) is 17.2 Å². The van der Waals surface area contributed by atoms with Crippen molar-refractivity contribution in [2.45, 2.75) is 13.0 Å². The van der Waals surface area contributed by atoms with Gasteiger partial charge in [0.2, 0.25) is 15.9 Å². The average molecular weight is 357 g/mol. The van der Waals surface area contributed by atoms with Crippen molar-refractivity contribution in [3.05, 3.63) is 60.8 Å². The molecule has 0 aliphatic carbocycles. The molecule has 0 aliphatic rings. The third-order valence-electron chi connectivity index (χ3n) is 3.76. The zero-order valence-corrected chi connectivity index (χ0v) is 14.6. The lowest BCUT2D eigenvalue weighted by atomic mass is 10.2. The number of rotatable bonds is 6. The number of aryl methyl sites for hydroxylation is 1. The first-order chi connectivity index (χ1) is 11.9. The number of hydrogen-bond donors (Lipinski definition) is 2. The van der Waals surface area contributed by atoms with Crippen molar-refractivity contribution in [1.29, 1.82) is 0 Å². The number of nitrogens with one attached hydrogen (secondary N) is 2. The molecule has 0 spiro atoms. The van der Waals surface area contributed by atoms with Crippen LogP contribution in [0.1, 0.15) is 6.42 Å². The van der Waals surface area contributed by atoms with Crippen molar-refractivity contribution >= 4 is 38.2 Å². The summed E-state index contributed by atoms with van der Waals surface area (Å²) < 4.78 is 27.3. The first kappa shape index (κ1) is 17.0. The van der Waals surface area contributed by atoms with Gasteiger partial charge in [-0.3, -0.25) is 9.52 Å². The van der Waals surface area contributed by atoms with Crippen LogP contribution in [-0.4, -0.2) is 25.1 Å². The largest absolute Gasteiger partial charge is 0.347 e. The minimum atomic E-state index is -3.41. The zero-order valence-electron chi connectivity index (χ0n) is 13.8. The maximum Gasteiger partial charge on any atom is 0.229 e. The Morgan fingerprint density at radius 3 is 2.44 bits per heavy atom. The average Bonchev–Trinajstić information content (AvgIpc) is 2.97. The molecule has 6 nitrogen and oxygen atoms in total. The normalized spacial score (nSPS) is 11.4. The van der Waals surface area contributed by atoms with Gasteiger partial charge in [0, 0.05) is 24.7 Å². The second-order valence-electron chi connectivity index (χ2n) is 5.79. The van der Waals surface area contributed by atoms with E-state index in [1.165, 1.54) is 0 Å². The molecule has 7 heteroatoms. The Bertz CT molecular complexity index is 1010. The predicted octanol–water partition coefficient (Wildman–Crippen LogP) is 3.04. The van der Waals surface area contributed by atoms with E-state index in [2.05, 4.69) is 10.0 Å². The molecule has 0 saturated heterocycles. The van der Waals surface area contributed by atoms with E-state index in [-0.39, 0.29) is 12.3 Å². The van der Waals surface area contributed by atoms with E-state index in [1.54, 1.807) is 24.3 Å². The monoisotopic (exact) mass is 357 g/mol. The van der Waals surface area contributed by atoms with Gasteiger partial charge >= 0.3 is 0 Å². The third kappa shape index (κ3) is 4.39. The summed E-state index contributed by atoms with van der Waals surface area (Å²) >= 11 is 0. The van der Waals surface area contributed by atoms with Gasteiger partial charge in [-0.2, -0.15) is 0 Å². The third-order valence-corrected chi connectivity index (χ3v) is 4.35. The van der Waals surface area contributed by atoms with Gasteiger partial charge in [0.15, 0.2) is 0 Å². The summed E-state index contributed by atoms with van der Waals surface area (Å²) in [4.78, 5) is 12.3. The van der Waals surface area contributed by atoms with Crippen LogP contribution in [0.2, 0.25) is 0 Å². The number of anilines is 2. The summed E-state index contributed by atoms with van der Waals surface area (Å²) in [5, 5.41) is 3.89. The molecule has 1 amide bonds. The van der Waals surface area contributed by atoms with Gasteiger partial charge in [0.1, 0.15) is 0 Å². The van der Waals surface area contributed by atoms with Gasteiger partial charge in [0.05, 0.1) is 17.6 Å². The van der Waals surface area contributed by atoms with Crippen molar-refractivity contribution in [1.82, 2.24) is 4.57 Å². The number of para-hydroxylation sites is 3. The van der Waals surface area contributed by atoms with E-state index in [0.29, 0.717) is 17.9 Å². The highest BCUT2D eigenvalue weighted by Crippen LogP contribution is 2.22. The molecule has 2 aromatic carbocycles. The molecule has 2 N–H and O–H groups in total. The Kier molecular flexibility index (Phi) is 4.76. The van der Waals surface area contributed by atoms with Crippen LogP contribution in [0.4, 0.5) is 11.4 Å². The Labute approximate surface area is 146 Å². The Balaban J connectivity index is 1.67. The van der Waals surface area contributed by atoms with Gasteiger partial charge in [-0.25, -0.2) is 8.42 Å². The molecule has 0 aliphatic heterocycles. The Hall–Kier alpha value is -2.80. The summed E-state index contributed by atoms with van der Waals surface area (Å²) in [7, 11) is -3.41. The number of benzene rings is 2. The topological polar surface area (TPSA) is 80.2 Å². The SMILES string of the molecule is CS(=O)(=O)Nc1ccccc1NC(=O)CCn1ccc2ccccc21. The zero-order chi connectivity index (χ0) is 17.9. The van der Waals surface area contributed by atoms with Crippen LogP contribution in [0.15, 0.2) is 60.8 Å². The van der Waals surface area contributed by atoms with E-state index < -0.39 is 10.0 Å². The van der Waals surface area contributed by atoms with E-state index >= 15 is 0 Å². The van der Waals surface area contributed by atoms with Crippen molar-refractivity contribution in [3.8, 4) is 0 Å². The van der Waals surface area contributed by atoms with Crippen molar-refractivity contribution < 1.29 is 13.2 Å². The first-order valence-electron chi connectivity index (χ1n) is 7.83. The highest BCUT2D eigenvalue weighted by Gasteiger charge is 2.10. The van der Waals surface area contributed by atoms with Crippen LogP contribution >= 0.6 is 0 Å². The standard InChI is InChI=1S/C18H19N3O3S/c1-25(23,24)20-16-8-4-3-7-15(16)19-18(22)11-13-21-12-10-14-6-2-5-9-17(14)21/h2-10,12,20H,11,13H2,1H3,(H,19,22). The maximum absolute atomic E-state index is 12.3. The van der Waals surface area contributed by atoms with E-state index in [1.807, 2.05) is 41.1 Å². The number of amides is 1. The van der Waals surface area contributed by atoms with E-state index in [4.69, 9.17) is 0 Å². The molecule has 1 heterocycles. The van der Waals surface area contributed by atoms with Crippen molar-refractivity contribution in [2.75, 3.05) is 16.3 Å². The van der Waals surface area contributed by atoms with Crippen LogP contribution < -0.4 is 10.0 Å². The molecule has 130 valence electrons. The van der Waals surface area contributed by atoms with Crippen LogP contribution in [-0.2, 0) is 21.4 Å². The van der Waals surface area contributed by atoms with Gasteiger partial charge in [-0.05, 0) is 29.7 Å². The number of hydrogen-bond acceptors (Lipinski definition) is 3. The van der Waals surface area contributed by atoms with Crippen LogP contribution in [0, 0.1) is 0 Å². The summed E-state index contributed by atoms with van der Waals surface area (Å²) in [6.45, 7) is 0.543. The Morgan fingerprint density at radius 1 is 1.00 bits per heavy atom. The quantitative estimate of drug-likeness (QED) is 0.711. The second kappa shape index (κ2) is 6.98. The number of carbonyl (C=O) groups excluding carboxylic acids is 1. The second-order valence-corrected chi connectivity index (χ2v) is 7.53. The van der Waals surface area contributed by atoms with Crippen LogP contribution in [0.3, 0.4) is 0 Å². The lowest BCUT2D eigenvalue weighted by Gasteiger charge is -2.12. The van der Waals surface area contributed by atoms with Gasteiger partial charge < -0.3 is 9.88 Å². The molecule has 0 radical (unpaired) electrons. The van der Waals surface area contributed by atoms with Gasteiger partial charge in [-0.15, -0.1) is 0 Å². The highest BCUT2D eigenvalue weighted by atomic mass is 32.2. The number of carbonyl (C=O) groups is 1. The van der Waals surface area contributed by atoms with Gasteiger partial charge in [-0.1, -0.05) is 30.3 Å². The summed E-state index contributed by atoms with van der Waals surface area (Å²) in [6.07, 6.45) is 3.31. The van der Waals surface area contributed by atoms with E-state index in [9.17, 15) is 13.2 Å². The van der Waals surface area contributed by atoms with Gasteiger partial charge in [0.25, 0.3) is 0 Å². The fourth-order valence-electron chi connectivity index (χ4n) is 2.65. The number of aromatic nitrogens is 1. The van der Waals surface area contributed by atoms with Crippen LogP contribution in [0.5, 0.6) is 0 Å². The molecular formula is C18H19N3O3S. The molecule has 3 rings (SSSR count). The summed E-state index contributed by atoms with van der Waals surface area (Å²) in [5.41, 5.74) is 1.87. The molecule has 3 aromatic rings. The summed E-state index contributed by atoms with van der Waals surface area (Å²) in [5.74, 6) is -0.180. The molecule has 0 unspecified atom stereocenters. The molecule has 25 heavy (non-hydrogen) atoms. The molecule has 0 saturated carbocycles. The minimum absolute atomic E-state index is 0.180. The molecular weight excluding hydrogens is 338 g/mol. The maximum atomic E-state index is 12.3. The van der Waals surface area contributed by atoms with Crippen LogP contribution in [0.25, 0.3) is 10.9 Å². The minimum Gasteiger partial charge on any atom is -0.347 e. The Morgan fingerprint density at radius 2 is 1.68 bits per heavy atom. The molecule has 0 atom stereocenters. The fraction of sp³-hybridized carbons (Fsp3) is 0.167. The highest BCUT2D eigenvalue weighted by molar-refractivity contribution is 7.92. The van der Waals surface area contributed by atoms with Crippen molar-refractivity contribution in [2.24, 2.45) is 0 Å². The predicted molar refractivity (Wildman–Crippen MR) is 100 cm³/mol. The lowest BCUT2D eigenvalue weighted by Crippen LogP contribution is -2.17. The lowest BCUT2D eigenvalue weighted by molar-refractivity contribution is -0.116.